The Kier molecular flexibility index (Phi) is 5.66. The summed E-state index contributed by atoms with van der Waals surface area (Å²) < 4.78 is 11.3. The van der Waals surface area contributed by atoms with Gasteiger partial charge in [0.2, 0.25) is 0 Å². The van der Waals surface area contributed by atoms with Crippen LogP contribution in [0.1, 0.15) is 5.56 Å². The fraction of sp³-hybridized carbons (Fsp3) is 0.188. The van der Waals surface area contributed by atoms with Crippen molar-refractivity contribution in [1.29, 1.82) is 0 Å². The number of halogens is 1. The second-order valence-electron chi connectivity index (χ2n) is 4.47. The number of hydrogen-bond acceptors (Lipinski definition) is 3. The second kappa shape index (κ2) is 7.70. The Bertz CT molecular complexity index is 662. The molecule has 22 heavy (non-hydrogen) atoms. The summed E-state index contributed by atoms with van der Waals surface area (Å²) in [6.45, 7) is 0.422. The highest BCUT2D eigenvalue weighted by Crippen LogP contribution is 2.28. The molecule has 0 radical (unpaired) electrons. The quantitative estimate of drug-likeness (QED) is 0.848. The van der Waals surface area contributed by atoms with E-state index in [1.54, 1.807) is 32.4 Å². The van der Waals surface area contributed by atoms with Crippen LogP contribution in [0.25, 0.3) is 0 Å². The van der Waals surface area contributed by atoms with E-state index in [4.69, 9.17) is 9.47 Å². The molecule has 0 atom stereocenters. The fourth-order valence-electron chi connectivity index (χ4n) is 1.89. The molecule has 0 bridgehead atoms. The SMILES string of the molecule is COc1ccc(NC(=O)NCc2ccccc2Br)c(OC)c1. The zero-order valence-corrected chi connectivity index (χ0v) is 13.9. The van der Waals surface area contributed by atoms with Gasteiger partial charge in [-0.05, 0) is 23.8 Å². The number of amides is 2. The van der Waals surface area contributed by atoms with E-state index in [1.807, 2.05) is 24.3 Å². The van der Waals surface area contributed by atoms with Crippen LogP contribution in [0, 0.1) is 0 Å². The van der Waals surface area contributed by atoms with Crippen molar-refractivity contribution in [1.82, 2.24) is 5.32 Å². The molecule has 2 amide bonds. The molecule has 0 aromatic heterocycles. The van der Waals surface area contributed by atoms with Gasteiger partial charge < -0.3 is 20.1 Å². The topological polar surface area (TPSA) is 59.6 Å². The molecule has 0 saturated heterocycles. The van der Waals surface area contributed by atoms with E-state index in [2.05, 4.69) is 26.6 Å². The van der Waals surface area contributed by atoms with E-state index in [0.29, 0.717) is 23.7 Å². The Morgan fingerprint density at radius 1 is 1.14 bits per heavy atom. The van der Waals surface area contributed by atoms with Crippen molar-refractivity contribution in [2.24, 2.45) is 0 Å². The zero-order chi connectivity index (χ0) is 15.9. The number of anilines is 1. The Hall–Kier alpha value is -2.21. The molecule has 0 aliphatic heterocycles. The van der Waals surface area contributed by atoms with Crippen LogP contribution in [0.2, 0.25) is 0 Å². The van der Waals surface area contributed by atoms with Crippen LogP contribution in [-0.2, 0) is 6.54 Å². The third-order valence-corrected chi connectivity index (χ3v) is 3.83. The van der Waals surface area contributed by atoms with Gasteiger partial charge in [-0.25, -0.2) is 4.79 Å². The molecule has 116 valence electrons. The van der Waals surface area contributed by atoms with Crippen LogP contribution in [0.4, 0.5) is 10.5 Å². The van der Waals surface area contributed by atoms with Gasteiger partial charge in [0.05, 0.1) is 19.9 Å². The average molecular weight is 365 g/mol. The normalized spacial score (nSPS) is 9.95. The molecule has 0 heterocycles. The predicted molar refractivity (Wildman–Crippen MR) is 89.5 cm³/mol. The van der Waals surface area contributed by atoms with Gasteiger partial charge >= 0.3 is 6.03 Å². The number of carbonyl (C=O) groups excluding carboxylic acids is 1. The van der Waals surface area contributed by atoms with Crippen LogP contribution in [0.5, 0.6) is 11.5 Å². The molecule has 2 N–H and O–H groups in total. The standard InChI is InChI=1S/C16H17BrN2O3/c1-21-12-7-8-14(15(9-12)22-2)19-16(20)18-10-11-5-3-4-6-13(11)17/h3-9H,10H2,1-2H3,(H2,18,19,20). The van der Waals surface area contributed by atoms with Crippen molar-refractivity contribution >= 4 is 27.6 Å². The summed E-state index contributed by atoms with van der Waals surface area (Å²) in [6, 6.07) is 12.6. The van der Waals surface area contributed by atoms with E-state index >= 15 is 0 Å². The van der Waals surface area contributed by atoms with Gasteiger partial charge in [-0.2, -0.15) is 0 Å². The van der Waals surface area contributed by atoms with Crippen LogP contribution >= 0.6 is 15.9 Å². The maximum atomic E-state index is 12.0. The third-order valence-electron chi connectivity index (χ3n) is 3.05. The van der Waals surface area contributed by atoms with E-state index < -0.39 is 0 Å². The molecular formula is C16H17BrN2O3. The first-order valence-electron chi connectivity index (χ1n) is 6.64. The summed E-state index contributed by atoms with van der Waals surface area (Å²) in [4.78, 5) is 12.0. The van der Waals surface area contributed by atoms with Gasteiger partial charge in [-0.3, -0.25) is 0 Å². The van der Waals surface area contributed by atoms with E-state index in [9.17, 15) is 4.79 Å². The molecule has 5 nitrogen and oxygen atoms in total. The highest BCUT2D eigenvalue weighted by molar-refractivity contribution is 9.10. The van der Waals surface area contributed by atoms with Gasteiger partial charge in [0, 0.05) is 17.1 Å². The van der Waals surface area contributed by atoms with Crippen LogP contribution in [-0.4, -0.2) is 20.3 Å². The highest BCUT2D eigenvalue weighted by atomic mass is 79.9. The lowest BCUT2D eigenvalue weighted by molar-refractivity contribution is 0.251. The first kappa shape index (κ1) is 16.2. The van der Waals surface area contributed by atoms with Crippen molar-refractivity contribution in [3.05, 3.63) is 52.5 Å². The van der Waals surface area contributed by atoms with Crippen LogP contribution in [0.15, 0.2) is 46.9 Å². The summed E-state index contributed by atoms with van der Waals surface area (Å²) in [6.07, 6.45) is 0. The van der Waals surface area contributed by atoms with Crippen molar-refractivity contribution in [3.63, 3.8) is 0 Å². The summed E-state index contributed by atoms with van der Waals surface area (Å²) in [7, 11) is 3.12. The molecule has 0 saturated carbocycles. The Morgan fingerprint density at radius 2 is 1.91 bits per heavy atom. The predicted octanol–water partition coefficient (Wildman–Crippen LogP) is 3.79. The third kappa shape index (κ3) is 4.14. The number of urea groups is 1. The smallest absolute Gasteiger partial charge is 0.319 e. The Morgan fingerprint density at radius 3 is 2.59 bits per heavy atom. The molecule has 0 aliphatic carbocycles. The average Bonchev–Trinajstić information content (AvgIpc) is 2.54. The minimum absolute atomic E-state index is 0.306. The first-order chi connectivity index (χ1) is 10.6. The second-order valence-corrected chi connectivity index (χ2v) is 5.32. The number of ether oxygens (including phenoxy) is 2. The number of benzene rings is 2. The number of rotatable bonds is 5. The summed E-state index contributed by atoms with van der Waals surface area (Å²) in [5.41, 5.74) is 1.58. The van der Waals surface area contributed by atoms with Gasteiger partial charge in [-0.15, -0.1) is 0 Å². The van der Waals surface area contributed by atoms with Gasteiger partial charge in [-0.1, -0.05) is 34.1 Å². The number of hydrogen-bond donors (Lipinski definition) is 2. The molecule has 0 aliphatic rings. The van der Waals surface area contributed by atoms with Crippen molar-refractivity contribution in [2.75, 3.05) is 19.5 Å². The summed E-state index contributed by atoms with van der Waals surface area (Å²) in [5.74, 6) is 1.20. The highest BCUT2D eigenvalue weighted by Gasteiger charge is 2.09. The van der Waals surface area contributed by atoms with Crippen LogP contribution in [0.3, 0.4) is 0 Å². The minimum atomic E-state index is -0.306. The van der Waals surface area contributed by atoms with E-state index in [1.165, 1.54) is 0 Å². The zero-order valence-electron chi connectivity index (χ0n) is 12.4. The van der Waals surface area contributed by atoms with Gasteiger partial charge in [0.1, 0.15) is 11.5 Å². The molecule has 0 spiro atoms. The number of carbonyl (C=O) groups is 1. The largest absolute Gasteiger partial charge is 0.497 e. The molecule has 6 heteroatoms. The number of nitrogens with one attached hydrogen (secondary N) is 2. The molecular weight excluding hydrogens is 348 g/mol. The minimum Gasteiger partial charge on any atom is -0.497 e. The molecule has 2 aromatic rings. The van der Waals surface area contributed by atoms with E-state index in [-0.39, 0.29) is 6.03 Å². The fourth-order valence-corrected chi connectivity index (χ4v) is 2.31. The molecule has 2 aromatic carbocycles. The lowest BCUT2D eigenvalue weighted by Gasteiger charge is -2.12. The van der Waals surface area contributed by atoms with Gasteiger partial charge in [0.25, 0.3) is 0 Å². The maximum absolute atomic E-state index is 12.0. The molecule has 0 fully saturated rings. The summed E-state index contributed by atoms with van der Waals surface area (Å²) in [5, 5.41) is 5.56. The van der Waals surface area contributed by atoms with Crippen molar-refractivity contribution < 1.29 is 14.3 Å². The lowest BCUT2D eigenvalue weighted by Crippen LogP contribution is -2.28. The van der Waals surface area contributed by atoms with Gasteiger partial charge in [0.15, 0.2) is 0 Å². The Balaban J connectivity index is 1.99. The van der Waals surface area contributed by atoms with E-state index in [0.717, 1.165) is 10.0 Å². The maximum Gasteiger partial charge on any atom is 0.319 e. The van der Waals surface area contributed by atoms with Crippen molar-refractivity contribution in [3.8, 4) is 11.5 Å². The lowest BCUT2D eigenvalue weighted by atomic mass is 10.2. The number of methoxy groups -OCH3 is 2. The van der Waals surface area contributed by atoms with Crippen molar-refractivity contribution in [2.45, 2.75) is 6.54 Å². The summed E-state index contributed by atoms with van der Waals surface area (Å²) >= 11 is 3.45. The van der Waals surface area contributed by atoms with Crippen LogP contribution < -0.4 is 20.1 Å². The molecule has 0 unspecified atom stereocenters. The Labute approximate surface area is 137 Å². The molecule has 2 rings (SSSR count). The monoisotopic (exact) mass is 364 g/mol. The first-order valence-corrected chi connectivity index (χ1v) is 7.43.